The molecule has 2 aromatic carbocycles. The van der Waals surface area contributed by atoms with Gasteiger partial charge in [-0.3, -0.25) is 4.79 Å². The first-order chi connectivity index (χ1) is 12.0. The number of ether oxygens (including phenoxy) is 1. The largest absolute Gasteiger partial charge is 0.497 e. The highest BCUT2D eigenvalue weighted by atomic mass is 19.1. The van der Waals surface area contributed by atoms with Crippen LogP contribution in [0, 0.1) is 17.6 Å². The molecule has 1 fully saturated rings. The zero-order chi connectivity index (χ0) is 18.0. The number of likely N-dealkylation sites (tertiary alicyclic amines) is 1. The van der Waals surface area contributed by atoms with Crippen molar-refractivity contribution in [2.45, 2.75) is 6.42 Å². The van der Waals surface area contributed by atoms with Crippen LogP contribution in [0.25, 0.3) is 11.1 Å². The van der Waals surface area contributed by atoms with Gasteiger partial charge in [0, 0.05) is 24.7 Å². The van der Waals surface area contributed by atoms with Crippen LogP contribution >= 0.6 is 0 Å². The second-order valence-corrected chi connectivity index (χ2v) is 6.18. The molecule has 1 heterocycles. The zero-order valence-electron chi connectivity index (χ0n) is 14.0. The summed E-state index contributed by atoms with van der Waals surface area (Å²) in [6.45, 7) is 1.64. The highest BCUT2D eigenvalue weighted by Crippen LogP contribution is 2.28. The Morgan fingerprint density at radius 3 is 2.64 bits per heavy atom. The topological polar surface area (TPSA) is 55.6 Å². The number of nitrogens with two attached hydrogens (primary N) is 1. The molecule has 2 aromatic rings. The van der Waals surface area contributed by atoms with Gasteiger partial charge >= 0.3 is 0 Å². The Hall–Kier alpha value is -2.47. The minimum Gasteiger partial charge on any atom is -0.497 e. The first-order valence-electron chi connectivity index (χ1n) is 8.16. The van der Waals surface area contributed by atoms with E-state index in [4.69, 9.17) is 10.5 Å². The molecule has 0 spiro atoms. The predicted octanol–water partition coefficient (Wildman–Crippen LogP) is 3.06. The van der Waals surface area contributed by atoms with E-state index < -0.39 is 11.6 Å². The van der Waals surface area contributed by atoms with Crippen molar-refractivity contribution in [2.24, 2.45) is 11.7 Å². The van der Waals surface area contributed by atoms with Crippen LogP contribution in [0.1, 0.15) is 16.8 Å². The molecule has 2 N–H and O–H groups in total. The van der Waals surface area contributed by atoms with E-state index in [2.05, 4.69) is 0 Å². The monoisotopic (exact) mass is 346 g/mol. The van der Waals surface area contributed by atoms with Gasteiger partial charge in [0.2, 0.25) is 0 Å². The number of halogens is 2. The molecule has 0 aliphatic carbocycles. The molecule has 0 radical (unpaired) electrons. The summed E-state index contributed by atoms with van der Waals surface area (Å²) in [6.07, 6.45) is 0.832. The SMILES string of the molecule is COc1ccc(-c2ccc(C(=O)N3CC[C@@H](CN)C3)c(F)c2)c(F)c1. The Morgan fingerprint density at radius 1 is 1.24 bits per heavy atom. The van der Waals surface area contributed by atoms with Crippen molar-refractivity contribution in [3.05, 3.63) is 53.6 Å². The number of amides is 1. The van der Waals surface area contributed by atoms with Gasteiger partial charge in [-0.1, -0.05) is 6.07 Å². The predicted molar refractivity (Wildman–Crippen MR) is 91.4 cm³/mol. The van der Waals surface area contributed by atoms with Crippen molar-refractivity contribution in [2.75, 3.05) is 26.7 Å². The molecule has 1 amide bonds. The fourth-order valence-electron chi connectivity index (χ4n) is 3.09. The average molecular weight is 346 g/mol. The van der Waals surface area contributed by atoms with Crippen LogP contribution in [0.5, 0.6) is 5.75 Å². The van der Waals surface area contributed by atoms with Gasteiger partial charge in [-0.25, -0.2) is 8.78 Å². The van der Waals surface area contributed by atoms with Crippen molar-refractivity contribution in [1.82, 2.24) is 4.90 Å². The standard InChI is InChI=1S/C19H20F2N2O2/c1-25-14-3-5-15(18(21)9-14)13-2-4-16(17(20)8-13)19(24)23-7-6-12(10-22)11-23/h2-5,8-9,12H,6-7,10-11,22H2,1H3/t12-/m0/s1. The molecule has 0 saturated carbocycles. The lowest BCUT2D eigenvalue weighted by Gasteiger charge is -2.17. The Morgan fingerprint density at radius 2 is 2.04 bits per heavy atom. The quantitative estimate of drug-likeness (QED) is 0.926. The highest BCUT2D eigenvalue weighted by Gasteiger charge is 2.27. The molecule has 1 atom stereocenters. The van der Waals surface area contributed by atoms with Gasteiger partial charge in [-0.05, 0) is 48.7 Å². The van der Waals surface area contributed by atoms with Crippen molar-refractivity contribution in [3.63, 3.8) is 0 Å². The summed E-state index contributed by atoms with van der Waals surface area (Å²) in [5.74, 6) is -0.871. The second kappa shape index (κ2) is 7.19. The van der Waals surface area contributed by atoms with E-state index in [9.17, 15) is 13.6 Å². The highest BCUT2D eigenvalue weighted by molar-refractivity contribution is 5.95. The smallest absolute Gasteiger partial charge is 0.256 e. The van der Waals surface area contributed by atoms with Crippen LogP contribution in [0.2, 0.25) is 0 Å². The van der Waals surface area contributed by atoms with Crippen LogP contribution in [-0.4, -0.2) is 37.6 Å². The summed E-state index contributed by atoms with van der Waals surface area (Å²) in [4.78, 5) is 14.1. The maximum atomic E-state index is 14.5. The maximum absolute atomic E-state index is 14.5. The lowest BCUT2D eigenvalue weighted by atomic mass is 10.0. The van der Waals surface area contributed by atoms with Crippen LogP contribution < -0.4 is 10.5 Å². The fourth-order valence-corrected chi connectivity index (χ4v) is 3.09. The lowest BCUT2D eigenvalue weighted by molar-refractivity contribution is 0.0783. The van der Waals surface area contributed by atoms with E-state index in [0.29, 0.717) is 30.9 Å². The number of rotatable bonds is 4. The van der Waals surface area contributed by atoms with E-state index in [0.717, 1.165) is 6.42 Å². The summed E-state index contributed by atoms with van der Waals surface area (Å²) in [5.41, 5.74) is 6.25. The molecule has 132 valence electrons. The Balaban J connectivity index is 1.85. The average Bonchev–Trinajstić information content (AvgIpc) is 3.10. The van der Waals surface area contributed by atoms with Gasteiger partial charge in [0.15, 0.2) is 0 Å². The number of hydrogen-bond donors (Lipinski definition) is 1. The summed E-state index contributed by atoms with van der Waals surface area (Å²) >= 11 is 0. The number of carbonyl (C=O) groups is 1. The first-order valence-corrected chi connectivity index (χ1v) is 8.16. The van der Waals surface area contributed by atoms with Gasteiger partial charge in [-0.15, -0.1) is 0 Å². The fraction of sp³-hybridized carbons (Fsp3) is 0.316. The first kappa shape index (κ1) is 17.4. The van der Waals surface area contributed by atoms with Crippen LogP contribution in [0.15, 0.2) is 36.4 Å². The normalized spacial score (nSPS) is 17.0. The van der Waals surface area contributed by atoms with Gasteiger partial charge < -0.3 is 15.4 Å². The van der Waals surface area contributed by atoms with Gasteiger partial charge in [0.25, 0.3) is 5.91 Å². The molecule has 25 heavy (non-hydrogen) atoms. The Bertz CT molecular complexity index is 795. The number of carbonyl (C=O) groups excluding carboxylic acids is 1. The van der Waals surface area contributed by atoms with Gasteiger partial charge in [0.05, 0.1) is 12.7 Å². The number of benzene rings is 2. The number of methoxy groups -OCH3 is 1. The number of hydrogen-bond acceptors (Lipinski definition) is 3. The van der Waals surface area contributed by atoms with E-state index in [1.807, 2.05) is 0 Å². The molecular weight excluding hydrogens is 326 g/mol. The number of nitrogens with zero attached hydrogens (tertiary/aromatic N) is 1. The van der Waals surface area contributed by atoms with Crippen LogP contribution in [0.4, 0.5) is 8.78 Å². The molecule has 4 nitrogen and oxygen atoms in total. The third kappa shape index (κ3) is 3.49. The van der Waals surface area contributed by atoms with Crippen molar-refractivity contribution >= 4 is 5.91 Å². The van der Waals surface area contributed by atoms with E-state index >= 15 is 0 Å². The maximum Gasteiger partial charge on any atom is 0.256 e. The van der Waals surface area contributed by atoms with E-state index in [1.54, 1.807) is 17.0 Å². The second-order valence-electron chi connectivity index (χ2n) is 6.18. The van der Waals surface area contributed by atoms with Gasteiger partial charge in [-0.2, -0.15) is 0 Å². The minimum atomic E-state index is -0.658. The van der Waals surface area contributed by atoms with Crippen molar-refractivity contribution in [3.8, 4) is 16.9 Å². The minimum absolute atomic E-state index is 0.00431. The third-order valence-corrected chi connectivity index (χ3v) is 4.59. The summed E-state index contributed by atoms with van der Waals surface area (Å²) in [7, 11) is 1.45. The summed E-state index contributed by atoms with van der Waals surface area (Å²) in [6, 6.07) is 8.52. The van der Waals surface area contributed by atoms with Crippen LogP contribution in [-0.2, 0) is 0 Å². The Kier molecular flexibility index (Phi) is 4.99. The molecule has 0 unspecified atom stereocenters. The Labute approximate surface area is 145 Å². The third-order valence-electron chi connectivity index (χ3n) is 4.59. The lowest BCUT2D eigenvalue weighted by Crippen LogP contribution is -2.30. The zero-order valence-corrected chi connectivity index (χ0v) is 14.0. The van der Waals surface area contributed by atoms with Crippen molar-refractivity contribution in [1.29, 1.82) is 0 Å². The molecule has 1 saturated heterocycles. The van der Waals surface area contributed by atoms with E-state index in [-0.39, 0.29) is 23.0 Å². The molecule has 6 heteroatoms. The summed E-state index contributed by atoms with van der Waals surface area (Å²) in [5, 5.41) is 0. The molecule has 3 rings (SSSR count). The molecule has 1 aliphatic rings. The van der Waals surface area contributed by atoms with Gasteiger partial charge in [0.1, 0.15) is 17.4 Å². The van der Waals surface area contributed by atoms with E-state index in [1.165, 1.54) is 31.4 Å². The van der Waals surface area contributed by atoms with Crippen LogP contribution in [0.3, 0.4) is 0 Å². The summed E-state index contributed by atoms with van der Waals surface area (Å²) < 4.78 is 33.6. The molecular formula is C19H20F2N2O2. The molecule has 0 bridgehead atoms. The molecule has 1 aliphatic heterocycles. The molecule has 0 aromatic heterocycles. The van der Waals surface area contributed by atoms with Crippen molar-refractivity contribution < 1.29 is 18.3 Å².